The van der Waals surface area contributed by atoms with Gasteiger partial charge in [0.15, 0.2) is 5.13 Å². The zero-order valence-electron chi connectivity index (χ0n) is 12.7. The average Bonchev–Trinajstić information content (AvgIpc) is 2.75. The van der Waals surface area contributed by atoms with E-state index in [0.717, 1.165) is 5.69 Å². The number of carbonyl (C=O) groups excluding carboxylic acids is 1. The van der Waals surface area contributed by atoms with Crippen molar-refractivity contribution in [2.45, 2.75) is 40.0 Å². The van der Waals surface area contributed by atoms with Crippen LogP contribution in [0.4, 0.5) is 5.13 Å². The molecule has 0 aliphatic heterocycles. The molecule has 2 heterocycles. The Morgan fingerprint density at radius 2 is 2.00 bits per heavy atom. The third-order valence-corrected chi connectivity index (χ3v) is 3.81. The molecule has 0 fully saturated rings. The molecule has 21 heavy (non-hydrogen) atoms. The molecule has 0 radical (unpaired) electrons. The van der Waals surface area contributed by atoms with Crippen molar-refractivity contribution in [2.24, 2.45) is 0 Å². The van der Waals surface area contributed by atoms with Crippen LogP contribution in [0, 0.1) is 13.8 Å². The number of aryl methyl sites for hydroxylation is 2. The van der Waals surface area contributed by atoms with Crippen molar-refractivity contribution in [1.82, 2.24) is 4.98 Å². The SMILES string of the molecule is Cc1cc(=O)oc(C)c1C(=O)Nc1nc(C(C)(C)C)cs1. The van der Waals surface area contributed by atoms with E-state index in [2.05, 4.69) is 31.1 Å². The molecule has 0 saturated heterocycles. The lowest BCUT2D eigenvalue weighted by Gasteiger charge is -2.14. The van der Waals surface area contributed by atoms with E-state index < -0.39 is 5.63 Å². The van der Waals surface area contributed by atoms with Crippen molar-refractivity contribution in [2.75, 3.05) is 5.32 Å². The van der Waals surface area contributed by atoms with Crippen molar-refractivity contribution >= 4 is 22.4 Å². The fourth-order valence-electron chi connectivity index (χ4n) is 1.93. The van der Waals surface area contributed by atoms with Crippen LogP contribution in [0.5, 0.6) is 0 Å². The number of hydrogen-bond donors (Lipinski definition) is 1. The molecule has 0 aliphatic rings. The molecule has 2 rings (SSSR count). The number of nitrogens with zero attached hydrogens (tertiary/aromatic N) is 1. The van der Waals surface area contributed by atoms with Crippen molar-refractivity contribution in [1.29, 1.82) is 0 Å². The number of nitrogens with one attached hydrogen (secondary N) is 1. The summed E-state index contributed by atoms with van der Waals surface area (Å²) in [7, 11) is 0. The van der Waals surface area contributed by atoms with Gasteiger partial charge in [0.1, 0.15) is 5.76 Å². The van der Waals surface area contributed by atoms with Crippen LogP contribution in [-0.2, 0) is 5.41 Å². The van der Waals surface area contributed by atoms with E-state index in [1.54, 1.807) is 13.8 Å². The fraction of sp³-hybridized carbons (Fsp3) is 0.400. The first-order chi connectivity index (χ1) is 9.68. The molecule has 0 saturated carbocycles. The van der Waals surface area contributed by atoms with Gasteiger partial charge >= 0.3 is 5.63 Å². The van der Waals surface area contributed by atoms with Crippen LogP contribution in [0.25, 0.3) is 0 Å². The lowest BCUT2D eigenvalue weighted by molar-refractivity contribution is 0.102. The Bertz CT molecular complexity index is 712. The van der Waals surface area contributed by atoms with Crippen LogP contribution in [0.2, 0.25) is 0 Å². The maximum absolute atomic E-state index is 12.3. The van der Waals surface area contributed by atoms with Gasteiger partial charge in [0.2, 0.25) is 0 Å². The highest BCUT2D eigenvalue weighted by molar-refractivity contribution is 7.14. The van der Waals surface area contributed by atoms with Crippen molar-refractivity contribution in [3.05, 3.63) is 44.4 Å². The number of rotatable bonds is 2. The normalized spacial score (nSPS) is 11.5. The maximum Gasteiger partial charge on any atom is 0.336 e. The molecule has 5 nitrogen and oxygen atoms in total. The minimum absolute atomic E-state index is 0.0646. The van der Waals surface area contributed by atoms with E-state index in [1.165, 1.54) is 17.4 Å². The minimum Gasteiger partial charge on any atom is -0.427 e. The number of amides is 1. The van der Waals surface area contributed by atoms with Gasteiger partial charge in [-0.15, -0.1) is 11.3 Å². The first kappa shape index (κ1) is 15.4. The molecule has 0 atom stereocenters. The second-order valence-corrected chi connectivity index (χ2v) is 6.78. The molecular weight excluding hydrogens is 288 g/mol. The Hall–Kier alpha value is -1.95. The predicted octanol–water partition coefficient (Wildman–Crippen LogP) is 3.26. The lowest BCUT2D eigenvalue weighted by Crippen LogP contribution is -2.18. The van der Waals surface area contributed by atoms with Gasteiger partial charge < -0.3 is 4.42 Å². The van der Waals surface area contributed by atoms with Crippen molar-refractivity contribution in [3.63, 3.8) is 0 Å². The summed E-state index contributed by atoms with van der Waals surface area (Å²) in [5, 5.41) is 5.23. The van der Waals surface area contributed by atoms with E-state index >= 15 is 0 Å². The van der Waals surface area contributed by atoms with Crippen LogP contribution < -0.4 is 10.9 Å². The Morgan fingerprint density at radius 1 is 1.33 bits per heavy atom. The van der Waals surface area contributed by atoms with Gasteiger partial charge in [0.05, 0.1) is 11.3 Å². The number of thiazole rings is 1. The van der Waals surface area contributed by atoms with Crippen molar-refractivity contribution < 1.29 is 9.21 Å². The third kappa shape index (κ3) is 3.39. The summed E-state index contributed by atoms with van der Waals surface area (Å²) in [6, 6.07) is 1.31. The molecule has 1 N–H and O–H groups in total. The van der Waals surface area contributed by atoms with Gasteiger partial charge in [0.25, 0.3) is 5.91 Å². The Balaban J connectivity index is 2.27. The first-order valence-corrected chi connectivity index (χ1v) is 7.45. The van der Waals surface area contributed by atoms with Crippen LogP contribution in [-0.4, -0.2) is 10.9 Å². The summed E-state index contributed by atoms with van der Waals surface area (Å²) in [6.07, 6.45) is 0. The topological polar surface area (TPSA) is 72.2 Å². The van der Waals surface area contributed by atoms with E-state index in [-0.39, 0.29) is 11.3 Å². The zero-order chi connectivity index (χ0) is 15.8. The van der Waals surface area contributed by atoms with E-state index in [9.17, 15) is 9.59 Å². The third-order valence-electron chi connectivity index (χ3n) is 3.05. The van der Waals surface area contributed by atoms with Gasteiger partial charge in [-0.1, -0.05) is 20.8 Å². The molecular formula is C15H18N2O3S. The van der Waals surface area contributed by atoms with Gasteiger partial charge in [0, 0.05) is 16.9 Å². The highest BCUT2D eigenvalue weighted by Crippen LogP contribution is 2.26. The number of carbonyl (C=O) groups is 1. The summed E-state index contributed by atoms with van der Waals surface area (Å²) >= 11 is 1.38. The molecule has 6 heteroatoms. The molecule has 1 amide bonds. The Labute approximate surface area is 127 Å². The monoisotopic (exact) mass is 306 g/mol. The summed E-state index contributed by atoms with van der Waals surface area (Å²) in [6.45, 7) is 9.50. The molecule has 0 spiro atoms. The van der Waals surface area contributed by atoms with Gasteiger partial charge in [-0.05, 0) is 19.4 Å². The minimum atomic E-state index is -0.453. The molecule has 0 aromatic carbocycles. The van der Waals surface area contributed by atoms with Crippen LogP contribution >= 0.6 is 11.3 Å². The van der Waals surface area contributed by atoms with E-state index in [1.807, 2.05) is 5.38 Å². The number of aromatic nitrogens is 1. The van der Waals surface area contributed by atoms with Crippen LogP contribution in [0.1, 0.15) is 48.1 Å². The average molecular weight is 306 g/mol. The first-order valence-electron chi connectivity index (χ1n) is 6.57. The highest BCUT2D eigenvalue weighted by Gasteiger charge is 2.20. The number of anilines is 1. The van der Waals surface area contributed by atoms with Gasteiger partial charge in [-0.25, -0.2) is 9.78 Å². The molecule has 0 bridgehead atoms. The van der Waals surface area contributed by atoms with Crippen LogP contribution in [0.15, 0.2) is 20.7 Å². The summed E-state index contributed by atoms with van der Waals surface area (Å²) in [4.78, 5) is 28.0. The Kier molecular flexibility index (Phi) is 4.00. The highest BCUT2D eigenvalue weighted by atomic mass is 32.1. The zero-order valence-corrected chi connectivity index (χ0v) is 13.6. The van der Waals surface area contributed by atoms with E-state index in [0.29, 0.717) is 22.0 Å². The molecule has 2 aromatic rings. The maximum atomic E-state index is 12.3. The Morgan fingerprint density at radius 3 is 2.52 bits per heavy atom. The van der Waals surface area contributed by atoms with E-state index in [4.69, 9.17) is 4.42 Å². The molecule has 0 unspecified atom stereocenters. The smallest absolute Gasteiger partial charge is 0.336 e. The fourth-order valence-corrected chi connectivity index (χ4v) is 2.86. The summed E-state index contributed by atoms with van der Waals surface area (Å²) in [5.74, 6) is -0.00587. The van der Waals surface area contributed by atoms with Gasteiger partial charge in [-0.3, -0.25) is 10.1 Å². The second-order valence-electron chi connectivity index (χ2n) is 5.92. The van der Waals surface area contributed by atoms with Gasteiger partial charge in [-0.2, -0.15) is 0 Å². The largest absolute Gasteiger partial charge is 0.427 e. The quantitative estimate of drug-likeness (QED) is 0.924. The lowest BCUT2D eigenvalue weighted by atomic mass is 9.93. The standard InChI is InChI=1S/C15H18N2O3S/c1-8-6-11(18)20-9(2)12(8)13(19)17-14-16-10(7-21-14)15(3,4)5/h6-7H,1-5H3,(H,16,17,19). The summed E-state index contributed by atoms with van der Waals surface area (Å²) in [5.41, 5.74) is 1.38. The molecule has 0 aliphatic carbocycles. The molecule has 2 aromatic heterocycles. The van der Waals surface area contributed by atoms with Crippen LogP contribution in [0.3, 0.4) is 0 Å². The predicted molar refractivity (Wildman–Crippen MR) is 83.2 cm³/mol. The number of hydrogen-bond acceptors (Lipinski definition) is 5. The second kappa shape index (κ2) is 5.44. The molecule has 112 valence electrons. The summed E-state index contributed by atoms with van der Waals surface area (Å²) < 4.78 is 4.97. The van der Waals surface area contributed by atoms with Crippen molar-refractivity contribution in [3.8, 4) is 0 Å².